The molecule has 1 aliphatic heterocycles. The van der Waals surface area contributed by atoms with Gasteiger partial charge in [0, 0.05) is 60.3 Å². The number of phenols is 1. The first-order valence-corrected chi connectivity index (χ1v) is 29.3. The monoisotopic (exact) mass is 1140 g/mol. The summed E-state index contributed by atoms with van der Waals surface area (Å²) in [6.07, 6.45) is 5.64. The molecule has 0 aliphatic carbocycles. The van der Waals surface area contributed by atoms with Crippen molar-refractivity contribution in [3.05, 3.63) is 144 Å². The van der Waals surface area contributed by atoms with Crippen LogP contribution in [-0.2, 0) is 64.0 Å². The summed E-state index contributed by atoms with van der Waals surface area (Å²) in [5.74, 6) is -7.10. The van der Waals surface area contributed by atoms with E-state index >= 15 is 0 Å². The number of carbonyl (C=O) groups is 8. The van der Waals surface area contributed by atoms with Crippen molar-refractivity contribution in [3.63, 3.8) is 0 Å². The molecule has 21 nitrogen and oxygen atoms in total. The van der Waals surface area contributed by atoms with Crippen LogP contribution in [0.5, 0.6) is 5.75 Å². The number of unbranched alkanes of at least 4 members (excludes halogenated alkanes) is 1. The Kier molecular flexibility index (Phi) is 22.1. The third-order valence-corrected chi connectivity index (χ3v) is 16.2. The average Bonchev–Trinajstić information content (AvgIpc) is 4.01. The standard InChI is InChI=1S/C58H70N12O9S2/c1-33(2)50-58(79)69-49(56(77)65-45(51(61)72)26-34-17-20-40(71)21-18-34)32-81-80-31-48(68-52(73)42(60)25-35-16-19-37-11-3-4-12-38(37)24-35)57(78)66-46(27-36-10-9-23-62-29-36)54(75)67-47(28-39-30-63-43-14-6-5-13-41(39)43)55(76)64-44(53(74)70-50)15-7-8-22-59/h3-6,9-14,16-21,23-24,29-30,33,42,44-50,63,71H,7-8,15,22,25-28,31-32,59-60H2,1-2H3,(H2,61,72)(H,64,76)(H,65,77)(H,66,78)(H,67,75)(H,68,73)(H,69,79)(H,70,74)/t42-,44-,45-,46-,47+,48+,49-,50-/m0/s1. The highest BCUT2D eigenvalue weighted by atomic mass is 33.1. The fourth-order valence-corrected chi connectivity index (χ4v) is 11.6. The molecule has 7 rings (SSSR count). The largest absolute Gasteiger partial charge is 0.508 e. The smallest absolute Gasteiger partial charge is 0.244 e. The molecule has 1 saturated heterocycles. The van der Waals surface area contributed by atoms with E-state index in [1.54, 1.807) is 50.5 Å². The zero-order valence-corrected chi connectivity index (χ0v) is 46.7. The molecule has 0 saturated carbocycles. The molecular formula is C58H70N12O9S2. The first kappa shape index (κ1) is 60.6. The highest BCUT2D eigenvalue weighted by Crippen LogP contribution is 2.25. The van der Waals surface area contributed by atoms with E-state index in [1.807, 2.05) is 66.7 Å². The highest BCUT2D eigenvalue weighted by Gasteiger charge is 2.36. The Morgan fingerprint density at radius 2 is 1.37 bits per heavy atom. The number of nitrogens with two attached hydrogens (primary N) is 3. The van der Waals surface area contributed by atoms with Gasteiger partial charge in [-0.25, -0.2) is 0 Å². The number of H-pyrrole nitrogens is 1. The summed E-state index contributed by atoms with van der Waals surface area (Å²) in [7, 11) is 2.12. The quantitative estimate of drug-likeness (QED) is 0.0433. The fraction of sp³-hybridized carbons (Fsp3) is 0.362. The Balaban J connectivity index is 1.25. The van der Waals surface area contributed by atoms with Gasteiger partial charge in [0.1, 0.15) is 48.0 Å². The molecule has 0 unspecified atom stereocenters. The summed E-state index contributed by atoms with van der Waals surface area (Å²) >= 11 is 0. The number of aromatic hydroxyl groups is 1. The van der Waals surface area contributed by atoms with E-state index in [0.29, 0.717) is 29.5 Å². The summed E-state index contributed by atoms with van der Waals surface area (Å²) in [6.45, 7) is 3.66. The molecule has 8 atom stereocenters. The summed E-state index contributed by atoms with van der Waals surface area (Å²) in [4.78, 5) is 122. The number of nitrogens with one attached hydrogen (secondary N) is 8. The Morgan fingerprint density at radius 3 is 2.09 bits per heavy atom. The van der Waals surface area contributed by atoms with E-state index in [9.17, 15) is 43.5 Å². The molecule has 2 aromatic heterocycles. The Labute approximate surface area is 477 Å². The number of benzene rings is 4. The predicted octanol–water partition coefficient (Wildman–Crippen LogP) is 2.08. The van der Waals surface area contributed by atoms with Crippen molar-refractivity contribution in [1.82, 2.24) is 47.2 Å². The maximum Gasteiger partial charge on any atom is 0.244 e. The minimum atomic E-state index is -1.39. The van der Waals surface area contributed by atoms with Crippen LogP contribution in [0.15, 0.2) is 122 Å². The van der Waals surface area contributed by atoms with Gasteiger partial charge in [-0.05, 0) is 95.4 Å². The zero-order valence-electron chi connectivity index (χ0n) is 45.0. The van der Waals surface area contributed by atoms with E-state index in [0.717, 1.165) is 48.8 Å². The molecule has 23 heteroatoms. The normalized spacial score (nSPS) is 20.7. The van der Waals surface area contributed by atoms with Gasteiger partial charge in [-0.2, -0.15) is 0 Å². The number of amides is 8. The maximum atomic E-state index is 14.9. The molecule has 0 bridgehead atoms. The van der Waals surface area contributed by atoms with Gasteiger partial charge in [0.2, 0.25) is 47.3 Å². The van der Waals surface area contributed by atoms with E-state index < -0.39 is 102 Å². The Morgan fingerprint density at radius 1 is 0.704 bits per heavy atom. The summed E-state index contributed by atoms with van der Waals surface area (Å²) in [6, 6.07) is 19.8. The molecule has 3 heterocycles. The van der Waals surface area contributed by atoms with Crippen molar-refractivity contribution in [2.75, 3.05) is 18.1 Å². The van der Waals surface area contributed by atoms with Gasteiger partial charge in [0.15, 0.2) is 0 Å². The number of para-hydroxylation sites is 1. The number of carbonyl (C=O) groups excluding carboxylic acids is 8. The summed E-state index contributed by atoms with van der Waals surface area (Å²) < 4.78 is 0. The van der Waals surface area contributed by atoms with Crippen LogP contribution in [0, 0.1) is 5.92 Å². The van der Waals surface area contributed by atoms with Crippen LogP contribution in [-0.4, -0.2) is 129 Å². The van der Waals surface area contributed by atoms with Crippen molar-refractivity contribution < 1.29 is 43.5 Å². The lowest BCUT2D eigenvalue weighted by Gasteiger charge is -2.29. The van der Waals surface area contributed by atoms with Crippen molar-refractivity contribution in [1.29, 1.82) is 0 Å². The zero-order chi connectivity index (χ0) is 58.0. The second-order valence-corrected chi connectivity index (χ2v) is 22.9. The first-order chi connectivity index (χ1) is 39.0. The van der Waals surface area contributed by atoms with Crippen LogP contribution >= 0.6 is 21.6 Å². The second-order valence-electron chi connectivity index (χ2n) is 20.3. The lowest BCUT2D eigenvalue weighted by Crippen LogP contribution is -2.61. The van der Waals surface area contributed by atoms with Crippen LogP contribution in [0.4, 0.5) is 0 Å². The number of fused-ring (bicyclic) bond motifs is 2. The summed E-state index contributed by atoms with van der Waals surface area (Å²) in [5.41, 5.74) is 21.5. The highest BCUT2D eigenvalue weighted by molar-refractivity contribution is 8.76. The molecule has 1 aliphatic rings. The number of aromatic amines is 1. The molecular weight excluding hydrogens is 1070 g/mol. The molecule has 0 spiro atoms. The lowest BCUT2D eigenvalue weighted by atomic mass is 10.00. The van der Waals surface area contributed by atoms with Gasteiger partial charge in [0.25, 0.3) is 0 Å². The van der Waals surface area contributed by atoms with Crippen LogP contribution < -0.4 is 54.4 Å². The van der Waals surface area contributed by atoms with Crippen molar-refractivity contribution in [2.45, 2.75) is 107 Å². The number of hydrogen-bond donors (Lipinski definition) is 12. The third-order valence-electron chi connectivity index (χ3n) is 13.8. The maximum absolute atomic E-state index is 14.9. The minimum Gasteiger partial charge on any atom is -0.508 e. The lowest BCUT2D eigenvalue weighted by molar-refractivity contribution is -0.136. The van der Waals surface area contributed by atoms with E-state index in [-0.39, 0.29) is 55.9 Å². The van der Waals surface area contributed by atoms with E-state index in [1.165, 1.54) is 18.3 Å². The van der Waals surface area contributed by atoms with E-state index in [4.69, 9.17) is 17.2 Å². The molecule has 6 aromatic rings. The number of phenolic OH excluding ortho intramolecular Hbond substituents is 1. The molecule has 1 fully saturated rings. The number of aromatic nitrogens is 2. The van der Waals surface area contributed by atoms with Gasteiger partial charge in [-0.15, -0.1) is 0 Å². The molecule has 428 valence electrons. The Bertz CT molecular complexity index is 3160. The molecule has 4 aromatic carbocycles. The van der Waals surface area contributed by atoms with Crippen LogP contribution in [0.2, 0.25) is 0 Å². The number of nitrogens with zero attached hydrogens (tertiary/aromatic N) is 1. The molecule has 15 N–H and O–H groups in total. The van der Waals surface area contributed by atoms with Crippen LogP contribution in [0.25, 0.3) is 21.7 Å². The van der Waals surface area contributed by atoms with Gasteiger partial charge in [-0.3, -0.25) is 43.3 Å². The van der Waals surface area contributed by atoms with Gasteiger partial charge in [0.05, 0.1) is 6.04 Å². The number of hydrogen-bond acceptors (Lipinski definition) is 14. The van der Waals surface area contributed by atoms with Gasteiger partial charge in [-0.1, -0.05) is 114 Å². The van der Waals surface area contributed by atoms with Crippen molar-refractivity contribution in [2.24, 2.45) is 23.1 Å². The van der Waals surface area contributed by atoms with Crippen molar-refractivity contribution >= 4 is 90.5 Å². The Hall–Kier alpha value is -7.99. The van der Waals surface area contributed by atoms with Gasteiger partial charge < -0.3 is 64.5 Å². The number of pyridine rings is 1. The fourth-order valence-electron chi connectivity index (χ4n) is 9.27. The number of primary amides is 1. The van der Waals surface area contributed by atoms with E-state index in [2.05, 4.69) is 47.2 Å². The third kappa shape index (κ3) is 17.5. The van der Waals surface area contributed by atoms with Crippen LogP contribution in [0.3, 0.4) is 0 Å². The average molecular weight is 1140 g/mol. The second kappa shape index (κ2) is 29.5. The number of rotatable bonds is 18. The minimum absolute atomic E-state index is 0.0150. The molecule has 8 amide bonds. The van der Waals surface area contributed by atoms with Crippen molar-refractivity contribution in [3.8, 4) is 5.75 Å². The predicted molar refractivity (Wildman–Crippen MR) is 313 cm³/mol. The van der Waals surface area contributed by atoms with Gasteiger partial charge >= 0.3 is 0 Å². The first-order valence-electron chi connectivity index (χ1n) is 26.8. The topological polar surface area (TPSA) is 348 Å². The van der Waals surface area contributed by atoms with Crippen LogP contribution in [0.1, 0.15) is 55.4 Å². The molecule has 81 heavy (non-hydrogen) atoms. The SMILES string of the molecule is CC(C)[C@@H]1NC(=O)[C@H](CCCCN)NC(=O)[C@@H](Cc2c[nH]c3ccccc23)NC(=O)[C@H](Cc2cccnc2)NC(=O)[C@H](NC(=O)[C@@H](N)Cc2ccc3ccccc3c2)CSSC[C@@H](C(=O)N[C@@H](Cc2ccc(O)cc2)C(N)=O)NC1=O. The molecule has 0 radical (unpaired) electrons. The summed E-state index contributed by atoms with van der Waals surface area (Å²) in [5, 5.41) is 32.1.